The standard InChI is InChI=1S/C16H24/c1-15(2)11-8-12(16(15,3)4)14-10-6-5-9(7-10)13(11)14/h5-6,9-14H,7-8H2,1-4H3. The zero-order valence-electron chi connectivity index (χ0n) is 11.0. The number of hydrogen-bond acceptors (Lipinski definition) is 0. The molecule has 3 fully saturated rings. The molecule has 0 spiro atoms. The van der Waals surface area contributed by atoms with E-state index in [0.717, 1.165) is 35.5 Å². The highest BCUT2D eigenvalue weighted by molar-refractivity contribution is 5.25. The SMILES string of the molecule is CC1(C)C2CC(C3C4C=CC(C4)C32)C1(C)C. The van der Waals surface area contributed by atoms with E-state index in [1.807, 2.05) is 0 Å². The van der Waals surface area contributed by atoms with Gasteiger partial charge in [0.1, 0.15) is 0 Å². The second-order valence-corrected chi connectivity index (χ2v) is 8.00. The predicted octanol–water partition coefficient (Wildman–Crippen LogP) is 4.13. The molecule has 6 unspecified atom stereocenters. The van der Waals surface area contributed by atoms with E-state index in [1.54, 1.807) is 0 Å². The molecule has 3 saturated carbocycles. The number of fused-ring (bicyclic) bond motifs is 9. The van der Waals surface area contributed by atoms with E-state index in [-0.39, 0.29) is 0 Å². The van der Waals surface area contributed by atoms with E-state index < -0.39 is 0 Å². The predicted molar refractivity (Wildman–Crippen MR) is 66.9 cm³/mol. The summed E-state index contributed by atoms with van der Waals surface area (Å²) in [6.07, 6.45) is 8.13. The van der Waals surface area contributed by atoms with Gasteiger partial charge in [-0.1, -0.05) is 39.8 Å². The number of rotatable bonds is 0. The Morgan fingerprint density at radius 2 is 1.19 bits per heavy atom. The molecule has 6 atom stereocenters. The smallest absolute Gasteiger partial charge is 0.0194 e. The summed E-state index contributed by atoms with van der Waals surface area (Å²) in [5.41, 5.74) is 1.13. The van der Waals surface area contributed by atoms with Gasteiger partial charge in [-0.15, -0.1) is 0 Å². The Balaban J connectivity index is 1.83. The van der Waals surface area contributed by atoms with Crippen molar-refractivity contribution in [2.24, 2.45) is 46.3 Å². The van der Waals surface area contributed by atoms with E-state index in [1.165, 1.54) is 12.8 Å². The fourth-order valence-corrected chi connectivity index (χ4v) is 6.13. The van der Waals surface area contributed by atoms with Gasteiger partial charge in [-0.25, -0.2) is 0 Å². The molecule has 0 radical (unpaired) electrons. The van der Waals surface area contributed by atoms with Crippen molar-refractivity contribution < 1.29 is 0 Å². The molecule has 0 heterocycles. The van der Waals surface area contributed by atoms with Crippen LogP contribution in [0.1, 0.15) is 40.5 Å². The molecule has 0 N–H and O–H groups in total. The molecule has 0 aliphatic heterocycles. The number of hydrogen-bond donors (Lipinski definition) is 0. The van der Waals surface area contributed by atoms with Gasteiger partial charge in [-0.2, -0.15) is 0 Å². The summed E-state index contributed by atoms with van der Waals surface area (Å²) in [7, 11) is 0. The van der Waals surface area contributed by atoms with Gasteiger partial charge < -0.3 is 0 Å². The van der Waals surface area contributed by atoms with Crippen molar-refractivity contribution in [2.75, 3.05) is 0 Å². The molecule has 0 aromatic rings. The summed E-state index contributed by atoms with van der Waals surface area (Å²) in [6, 6.07) is 0. The van der Waals surface area contributed by atoms with Crippen LogP contribution in [0, 0.1) is 46.3 Å². The van der Waals surface area contributed by atoms with Crippen molar-refractivity contribution in [3.8, 4) is 0 Å². The molecule has 4 aliphatic carbocycles. The van der Waals surface area contributed by atoms with Crippen LogP contribution in [-0.4, -0.2) is 0 Å². The zero-order valence-corrected chi connectivity index (χ0v) is 11.0. The van der Waals surface area contributed by atoms with Gasteiger partial charge in [0, 0.05) is 0 Å². The molecular formula is C16H24. The van der Waals surface area contributed by atoms with Gasteiger partial charge in [0.2, 0.25) is 0 Å². The summed E-state index contributed by atoms with van der Waals surface area (Å²) < 4.78 is 0. The summed E-state index contributed by atoms with van der Waals surface area (Å²) in [4.78, 5) is 0. The van der Waals surface area contributed by atoms with Crippen LogP contribution in [0.4, 0.5) is 0 Å². The summed E-state index contributed by atoms with van der Waals surface area (Å²) in [5, 5.41) is 0. The maximum Gasteiger partial charge on any atom is -0.0194 e. The average molecular weight is 216 g/mol. The maximum atomic E-state index is 2.55. The Hall–Kier alpha value is -0.260. The molecule has 4 rings (SSSR count). The van der Waals surface area contributed by atoms with Crippen LogP contribution < -0.4 is 0 Å². The minimum atomic E-state index is 0.567. The molecule has 0 aromatic carbocycles. The monoisotopic (exact) mass is 216 g/mol. The zero-order chi connectivity index (χ0) is 11.3. The van der Waals surface area contributed by atoms with E-state index in [0.29, 0.717) is 10.8 Å². The van der Waals surface area contributed by atoms with Crippen molar-refractivity contribution >= 4 is 0 Å². The van der Waals surface area contributed by atoms with Crippen molar-refractivity contribution in [2.45, 2.75) is 40.5 Å². The minimum Gasteiger partial charge on any atom is -0.0848 e. The van der Waals surface area contributed by atoms with Gasteiger partial charge in [-0.05, 0) is 59.2 Å². The summed E-state index contributed by atoms with van der Waals surface area (Å²) >= 11 is 0. The maximum absolute atomic E-state index is 2.55. The molecule has 4 bridgehead atoms. The highest BCUT2D eigenvalue weighted by Gasteiger charge is 2.69. The first-order chi connectivity index (χ1) is 7.44. The molecule has 0 amide bonds. The summed E-state index contributed by atoms with van der Waals surface area (Å²) in [5.74, 6) is 6.06. The van der Waals surface area contributed by atoms with Crippen molar-refractivity contribution in [1.29, 1.82) is 0 Å². The highest BCUT2D eigenvalue weighted by atomic mass is 14.7. The molecule has 4 aliphatic rings. The van der Waals surface area contributed by atoms with Crippen molar-refractivity contribution in [3.63, 3.8) is 0 Å². The Labute approximate surface area is 99.5 Å². The lowest BCUT2D eigenvalue weighted by atomic mass is 9.52. The Bertz CT molecular complexity index is 339. The second kappa shape index (κ2) is 2.44. The van der Waals surface area contributed by atoms with Gasteiger partial charge in [0.25, 0.3) is 0 Å². The van der Waals surface area contributed by atoms with E-state index in [9.17, 15) is 0 Å². The quantitative estimate of drug-likeness (QED) is 0.422. The Kier molecular flexibility index (Phi) is 1.49. The van der Waals surface area contributed by atoms with Gasteiger partial charge >= 0.3 is 0 Å². The third-order valence-corrected chi connectivity index (χ3v) is 7.53. The van der Waals surface area contributed by atoms with Crippen LogP contribution in [0.5, 0.6) is 0 Å². The summed E-state index contributed by atoms with van der Waals surface area (Å²) in [6.45, 7) is 10.2. The molecule has 0 nitrogen and oxygen atoms in total. The fraction of sp³-hybridized carbons (Fsp3) is 0.875. The second-order valence-electron chi connectivity index (χ2n) is 8.00. The third kappa shape index (κ3) is 0.772. The Morgan fingerprint density at radius 3 is 1.62 bits per heavy atom. The lowest BCUT2D eigenvalue weighted by Crippen LogP contribution is -2.47. The molecule has 0 saturated heterocycles. The van der Waals surface area contributed by atoms with Gasteiger partial charge in [0.05, 0.1) is 0 Å². The molecule has 0 aromatic heterocycles. The van der Waals surface area contributed by atoms with E-state index >= 15 is 0 Å². The third-order valence-electron chi connectivity index (χ3n) is 7.53. The molecule has 0 heteroatoms. The fourth-order valence-electron chi connectivity index (χ4n) is 6.13. The molecule has 88 valence electrons. The van der Waals surface area contributed by atoms with Gasteiger partial charge in [0.15, 0.2) is 0 Å². The van der Waals surface area contributed by atoms with Crippen LogP contribution in [-0.2, 0) is 0 Å². The van der Waals surface area contributed by atoms with Gasteiger partial charge in [-0.3, -0.25) is 0 Å². The van der Waals surface area contributed by atoms with Crippen molar-refractivity contribution in [3.05, 3.63) is 12.2 Å². The minimum absolute atomic E-state index is 0.567. The molecule has 16 heavy (non-hydrogen) atoms. The van der Waals surface area contributed by atoms with Crippen LogP contribution >= 0.6 is 0 Å². The average Bonchev–Trinajstić information content (AvgIpc) is 2.89. The lowest BCUT2D eigenvalue weighted by molar-refractivity contribution is -0.0349. The first-order valence-corrected chi connectivity index (χ1v) is 7.13. The van der Waals surface area contributed by atoms with Crippen LogP contribution in [0.25, 0.3) is 0 Å². The van der Waals surface area contributed by atoms with Crippen LogP contribution in [0.15, 0.2) is 12.2 Å². The normalized spacial score (nSPS) is 58.2. The van der Waals surface area contributed by atoms with Crippen LogP contribution in [0.3, 0.4) is 0 Å². The largest absolute Gasteiger partial charge is 0.0848 e. The van der Waals surface area contributed by atoms with E-state index in [2.05, 4.69) is 39.8 Å². The first-order valence-electron chi connectivity index (χ1n) is 7.13. The lowest BCUT2D eigenvalue weighted by Gasteiger charge is -2.52. The van der Waals surface area contributed by atoms with Crippen LogP contribution in [0.2, 0.25) is 0 Å². The Morgan fingerprint density at radius 1 is 0.750 bits per heavy atom. The topological polar surface area (TPSA) is 0 Å². The number of allylic oxidation sites excluding steroid dienone is 2. The van der Waals surface area contributed by atoms with Crippen molar-refractivity contribution in [1.82, 2.24) is 0 Å². The van der Waals surface area contributed by atoms with E-state index in [4.69, 9.17) is 0 Å². The highest BCUT2D eigenvalue weighted by Crippen LogP contribution is 2.75. The molecular weight excluding hydrogens is 192 g/mol. The first kappa shape index (κ1) is 9.74.